The number of para-hydroxylation sites is 1. The van der Waals surface area contributed by atoms with E-state index in [4.69, 9.17) is 5.26 Å². The third kappa shape index (κ3) is 3.46. The lowest BCUT2D eigenvalue weighted by Crippen LogP contribution is -2.31. The molecule has 0 spiro atoms. The molecule has 1 aromatic carbocycles. The van der Waals surface area contributed by atoms with Gasteiger partial charge in [-0.15, -0.1) is 0 Å². The zero-order chi connectivity index (χ0) is 16.1. The van der Waals surface area contributed by atoms with Gasteiger partial charge >= 0.3 is 0 Å². The Morgan fingerprint density at radius 1 is 1.17 bits per heavy atom. The molecule has 1 aliphatic heterocycles. The first kappa shape index (κ1) is 15.0. The van der Waals surface area contributed by atoms with E-state index in [-0.39, 0.29) is 5.91 Å². The van der Waals surface area contributed by atoms with Crippen LogP contribution in [0.3, 0.4) is 0 Å². The van der Waals surface area contributed by atoms with Gasteiger partial charge in [0.15, 0.2) is 0 Å². The van der Waals surface area contributed by atoms with E-state index in [1.54, 1.807) is 36.5 Å². The Morgan fingerprint density at radius 3 is 2.74 bits per heavy atom. The molecule has 1 aliphatic rings. The molecule has 1 fully saturated rings. The van der Waals surface area contributed by atoms with E-state index in [1.165, 1.54) is 6.42 Å². The number of piperidine rings is 1. The summed E-state index contributed by atoms with van der Waals surface area (Å²) in [5.41, 5.74) is 1.21. The monoisotopic (exact) mass is 307 g/mol. The topological polar surface area (TPSA) is 81.9 Å². The number of rotatable bonds is 3. The van der Waals surface area contributed by atoms with Gasteiger partial charge in [0.25, 0.3) is 5.91 Å². The number of amides is 1. The molecular weight excluding hydrogens is 290 g/mol. The van der Waals surface area contributed by atoms with Gasteiger partial charge in [-0.05, 0) is 37.5 Å². The van der Waals surface area contributed by atoms with Crippen molar-refractivity contribution in [2.45, 2.75) is 19.3 Å². The summed E-state index contributed by atoms with van der Waals surface area (Å²) in [5.74, 6) is 0.249. The number of hydrogen-bond acceptors (Lipinski definition) is 5. The van der Waals surface area contributed by atoms with E-state index < -0.39 is 0 Å². The van der Waals surface area contributed by atoms with Crippen LogP contribution in [0.2, 0.25) is 0 Å². The van der Waals surface area contributed by atoms with Crippen molar-refractivity contribution in [2.24, 2.45) is 0 Å². The van der Waals surface area contributed by atoms with Crippen molar-refractivity contribution in [3.63, 3.8) is 0 Å². The van der Waals surface area contributed by atoms with E-state index in [1.807, 2.05) is 0 Å². The predicted molar refractivity (Wildman–Crippen MR) is 87.2 cm³/mol. The Balaban J connectivity index is 1.78. The quantitative estimate of drug-likeness (QED) is 0.942. The number of benzene rings is 1. The van der Waals surface area contributed by atoms with E-state index in [2.05, 4.69) is 26.3 Å². The Bertz CT molecular complexity index is 747. The van der Waals surface area contributed by atoms with E-state index in [0.717, 1.165) is 25.9 Å². The molecule has 1 amide bonds. The molecule has 1 N–H and O–H groups in total. The molecule has 0 atom stereocenters. The van der Waals surface area contributed by atoms with Crippen molar-refractivity contribution in [2.75, 3.05) is 23.3 Å². The summed E-state index contributed by atoms with van der Waals surface area (Å²) in [6.07, 6.45) is 5.06. The summed E-state index contributed by atoms with van der Waals surface area (Å²) in [4.78, 5) is 23.1. The molecular formula is C17H17N5O. The first-order chi connectivity index (χ1) is 11.3. The second-order valence-corrected chi connectivity index (χ2v) is 5.40. The largest absolute Gasteiger partial charge is 0.341 e. The molecule has 3 rings (SSSR count). The van der Waals surface area contributed by atoms with Crippen LogP contribution in [0.5, 0.6) is 0 Å². The molecule has 0 aliphatic carbocycles. The molecule has 0 radical (unpaired) electrons. The zero-order valence-corrected chi connectivity index (χ0v) is 12.7. The minimum Gasteiger partial charge on any atom is -0.341 e. The average Bonchev–Trinajstić information content (AvgIpc) is 2.63. The van der Waals surface area contributed by atoms with Gasteiger partial charge in [-0.2, -0.15) is 5.26 Å². The summed E-state index contributed by atoms with van der Waals surface area (Å²) in [6.45, 7) is 1.84. The number of nitrogens with one attached hydrogen (secondary N) is 1. The molecule has 2 heterocycles. The summed E-state index contributed by atoms with van der Waals surface area (Å²) in [7, 11) is 0. The summed E-state index contributed by atoms with van der Waals surface area (Å²) in [6, 6.07) is 10.5. The molecule has 6 nitrogen and oxygen atoms in total. The fourth-order valence-electron chi connectivity index (χ4n) is 2.60. The smallest absolute Gasteiger partial charge is 0.274 e. The van der Waals surface area contributed by atoms with Crippen LogP contribution >= 0.6 is 0 Å². The van der Waals surface area contributed by atoms with E-state index in [9.17, 15) is 4.79 Å². The maximum absolute atomic E-state index is 12.4. The lowest BCUT2D eigenvalue weighted by atomic mass is 10.1. The van der Waals surface area contributed by atoms with Crippen molar-refractivity contribution in [1.82, 2.24) is 9.97 Å². The number of hydrogen-bond donors (Lipinski definition) is 1. The highest BCUT2D eigenvalue weighted by atomic mass is 16.1. The molecule has 116 valence electrons. The number of carbonyl (C=O) groups excluding carboxylic acids is 1. The highest BCUT2D eigenvalue weighted by Crippen LogP contribution is 2.17. The van der Waals surface area contributed by atoms with Gasteiger partial charge in [0.05, 0.1) is 11.3 Å². The van der Waals surface area contributed by atoms with Gasteiger partial charge in [0.1, 0.15) is 11.8 Å². The number of carbonyl (C=O) groups is 1. The number of nitrogens with zero attached hydrogens (tertiary/aromatic N) is 4. The van der Waals surface area contributed by atoms with Gasteiger partial charge in [0.2, 0.25) is 5.95 Å². The predicted octanol–water partition coefficient (Wildman–Crippen LogP) is 2.59. The molecule has 0 unspecified atom stereocenters. The molecule has 0 bridgehead atoms. The molecule has 0 saturated carbocycles. The molecule has 6 heteroatoms. The highest BCUT2D eigenvalue weighted by Gasteiger charge is 2.16. The fraction of sp³-hybridized carbons (Fsp3) is 0.294. The van der Waals surface area contributed by atoms with E-state index >= 15 is 0 Å². The molecule has 23 heavy (non-hydrogen) atoms. The second-order valence-electron chi connectivity index (χ2n) is 5.40. The maximum atomic E-state index is 12.4. The molecule has 2 aromatic rings. The minimum atomic E-state index is -0.339. The van der Waals surface area contributed by atoms with Gasteiger partial charge in [0, 0.05) is 19.3 Å². The fourth-order valence-corrected chi connectivity index (χ4v) is 2.60. The van der Waals surface area contributed by atoms with Crippen LogP contribution in [0.15, 0.2) is 36.5 Å². The van der Waals surface area contributed by atoms with Crippen LogP contribution in [0.25, 0.3) is 0 Å². The third-order valence-electron chi connectivity index (χ3n) is 3.81. The van der Waals surface area contributed by atoms with Crippen LogP contribution < -0.4 is 10.2 Å². The minimum absolute atomic E-state index is 0.299. The van der Waals surface area contributed by atoms with Crippen molar-refractivity contribution in [3.8, 4) is 6.07 Å². The summed E-state index contributed by atoms with van der Waals surface area (Å²) >= 11 is 0. The van der Waals surface area contributed by atoms with Gasteiger partial charge < -0.3 is 10.2 Å². The lowest BCUT2D eigenvalue weighted by molar-refractivity contribution is 0.102. The third-order valence-corrected chi connectivity index (χ3v) is 3.81. The Kier molecular flexibility index (Phi) is 4.48. The van der Waals surface area contributed by atoms with Crippen LogP contribution in [0, 0.1) is 11.3 Å². The van der Waals surface area contributed by atoms with Crippen molar-refractivity contribution < 1.29 is 4.79 Å². The molecule has 1 saturated heterocycles. The Labute approximate surface area is 134 Å². The first-order valence-electron chi connectivity index (χ1n) is 7.66. The van der Waals surface area contributed by atoms with E-state index in [0.29, 0.717) is 22.9 Å². The van der Waals surface area contributed by atoms with Gasteiger partial charge in [-0.1, -0.05) is 12.1 Å². The van der Waals surface area contributed by atoms with Gasteiger partial charge in [-0.3, -0.25) is 4.79 Å². The zero-order valence-electron chi connectivity index (χ0n) is 12.7. The summed E-state index contributed by atoms with van der Waals surface area (Å²) in [5, 5.41) is 11.8. The van der Waals surface area contributed by atoms with Gasteiger partial charge in [-0.25, -0.2) is 9.97 Å². The summed E-state index contributed by atoms with van der Waals surface area (Å²) < 4.78 is 0. The number of anilines is 2. The molecule has 1 aromatic heterocycles. The maximum Gasteiger partial charge on any atom is 0.274 e. The first-order valence-corrected chi connectivity index (χ1v) is 7.66. The Morgan fingerprint density at radius 2 is 1.96 bits per heavy atom. The standard InChI is InChI=1S/C17H17N5O/c18-12-13-6-2-3-7-14(13)20-16(23)15-8-9-19-17(21-15)22-10-4-1-5-11-22/h2-3,6-9H,1,4-5,10-11H2,(H,20,23). The average molecular weight is 307 g/mol. The second kappa shape index (κ2) is 6.88. The van der Waals surface area contributed by atoms with Crippen LogP contribution in [-0.2, 0) is 0 Å². The Hall–Kier alpha value is -2.94. The SMILES string of the molecule is N#Cc1ccccc1NC(=O)c1ccnc(N2CCCCC2)n1. The highest BCUT2D eigenvalue weighted by molar-refractivity contribution is 6.03. The van der Waals surface area contributed by atoms with Crippen LogP contribution in [0.1, 0.15) is 35.3 Å². The van der Waals surface area contributed by atoms with Crippen molar-refractivity contribution in [1.29, 1.82) is 5.26 Å². The number of aromatic nitrogens is 2. The lowest BCUT2D eigenvalue weighted by Gasteiger charge is -2.26. The van der Waals surface area contributed by atoms with Crippen LogP contribution in [-0.4, -0.2) is 29.0 Å². The number of nitriles is 1. The normalized spacial score (nSPS) is 14.1. The van der Waals surface area contributed by atoms with Crippen molar-refractivity contribution in [3.05, 3.63) is 47.8 Å². The van der Waals surface area contributed by atoms with Crippen molar-refractivity contribution >= 4 is 17.5 Å². The van der Waals surface area contributed by atoms with Crippen LogP contribution in [0.4, 0.5) is 11.6 Å².